The van der Waals surface area contributed by atoms with E-state index in [1.165, 1.54) is 0 Å². The molecule has 4 aromatic rings. The van der Waals surface area contributed by atoms with Gasteiger partial charge in [-0.1, -0.05) is 6.07 Å². The summed E-state index contributed by atoms with van der Waals surface area (Å²) in [5, 5.41) is 4.55. The summed E-state index contributed by atoms with van der Waals surface area (Å²) in [6, 6.07) is 11.2. The largest absolute Gasteiger partial charge is 0.495 e. The predicted octanol–water partition coefficient (Wildman–Crippen LogP) is 3.26. The normalized spacial score (nSPS) is 10.7. The molecule has 0 amide bonds. The predicted molar refractivity (Wildman–Crippen MR) is 124 cm³/mol. The van der Waals surface area contributed by atoms with Gasteiger partial charge >= 0.3 is 0 Å². The number of benzene rings is 1. The van der Waals surface area contributed by atoms with Gasteiger partial charge in [0.1, 0.15) is 29.8 Å². The Balaban J connectivity index is 1.58. The highest BCUT2D eigenvalue weighted by molar-refractivity contribution is 5.44. The first-order chi connectivity index (χ1) is 16.5. The monoisotopic (exact) mass is 462 g/mol. The van der Waals surface area contributed by atoms with E-state index in [-0.39, 0.29) is 6.61 Å². The highest BCUT2D eigenvalue weighted by atomic mass is 16.5. The molecule has 0 N–H and O–H groups in total. The van der Waals surface area contributed by atoms with Crippen molar-refractivity contribution in [2.45, 2.75) is 26.9 Å². The van der Waals surface area contributed by atoms with E-state index in [1.54, 1.807) is 45.2 Å². The molecule has 0 saturated heterocycles. The lowest BCUT2D eigenvalue weighted by atomic mass is 10.1. The molecule has 0 atom stereocenters. The summed E-state index contributed by atoms with van der Waals surface area (Å²) >= 11 is 0. The minimum Gasteiger partial charge on any atom is -0.495 e. The summed E-state index contributed by atoms with van der Waals surface area (Å²) in [5.74, 6) is 4.92. The second-order valence-electron chi connectivity index (χ2n) is 7.44. The first-order valence-electron chi connectivity index (χ1n) is 10.6. The zero-order valence-corrected chi connectivity index (χ0v) is 19.8. The number of aromatic nitrogens is 6. The van der Waals surface area contributed by atoms with Crippen molar-refractivity contribution in [1.82, 2.24) is 29.7 Å². The Morgan fingerprint density at radius 1 is 0.824 bits per heavy atom. The van der Waals surface area contributed by atoms with E-state index >= 15 is 0 Å². The van der Waals surface area contributed by atoms with Gasteiger partial charge in [-0.3, -0.25) is 4.98 Å². The Hall–Kier alpha value is -4.21. The molecule has 176 valence electrons. The molecular formula is C24H26N6O4. The van der Waals surface area contributed by atoms with Crippen LogP contribution in [0, 0.1) is 13.8 Å². The van der Waals surface area contributed by atoms with Crippen molar-refractivity contribution in [1.29, 1.82) is 0 Å². The summed E-state index contributed by atoms with van der Waals surface area (Å²) < 4.78 is 23.5. The number of nitrogens with zero attached hydrogens (tertiary/aromatic N) is 6. The van der Waals surface area contributed by atoms with E-state index in [9.17, 15) is 0 Å². The maximum absolute atomic E-state index is 5.88. The van der Waals surface area contributed by atoms with Crippen molar-refractivity contribution in [3.63, 3.8) is 0 Å². The van der Waals surface area contributed by atoms with E-state index in [0.29, 0.717) is 47.0 Å². The van der Waals surface area contributed by atoms with E-state index in [4.69, 9.17) is 18.9 Å². The molecule has 0 unspecified atom stereocenters. The van der Waals surface area contributed by atoms with Gasteiger partial charge in [0.15, 0.2) is 17.3 Å². The van der Waals surface area contributed by atoms with Crippen LogP contribution in [0.1, 0.15) is 28.7 Å². The molecule has 0 radical (unpaired) electrons. The highest BCUT2D eigenvalue weighted by Gasteiger charge is 2.15. The number of hydrogen-bond acceptors (Lipinski definition) is 9. The molecule has 0 aliphatic rings. The fourth-order valence-electron chi connectivity index (χ4n) is 3.40. The average molecular weight is 463 g/mol. The molecule has 10 nitrogen and oxygen atoms in total. The van der Waals surface area contributed by atoms with E-state index in [1.807, 2.05) is 37.3 Å². The van der Waals surface area contributed by atoms with Gasteiger partial charge in [0, 0.05) is 12.5 Å². The smallest absolute Gasteiger partial charge is 0.219 e. The first kappa shape index (κ1) is 23.0. The van der Waals surface area contributed by atoms with Gasteiger partial charge in [-0.2, -0.15) is 9.67 Å². The molecule has 0 fully saturated rings. The lowest BCUT2D eigenvalue weighted by Gasteiger charge is -2.11. The average Bonchev–Trinajstić information content (AvgIpc) is 3.22. The van der Waals surface area contributed by atoms with Gasteiger partial charge in [0.25, 0.3) is 0 Å². The Bertz CT molecular complexity index is 1270. The van der Waals surface area contributed by atoms with Gasteiger partial charge in [-0.05, 0) is 43.7 Å². The SMILES string of the molecule is COc1ccc(COc2cc(-n3nc(C)nc3Cc3ccc(OC)c(OC)c3)nc(C)n2)nc1. The van der Waals surface area contributed by atoms with Crippen molar-refractivity contribution >= 4 is 0 Å². The molecule has 34 heavy (non-hydrogen) atoms. The fraction of sp³-hybridized carbons (Fsp3) is 0.292. The van der Waals surface area contributed by atoms with Gasteiger partial charge in [-0.25, -0.2) is 9.97 Å². The summed E-state index contributed by atoms with van der Waals surface area (Å²) in [4.78, 5) is 17.9. The van der Waals surface area contributed by atoms with Crippen molar-refractivity contribution in [2.24, 2.45) is 0 Å². The van der Waals surface area contributed by atoms with Crippen LogP contribution in [0.2, 0.25) is 0 Å². The Labute approximate surface area is 197 Å². The van der Waals surface area contributed by atoms with Crippen LogP contribution >= 0.6 is 0 Å². The number of pyridine rings is 1. The van der Waals surface area contributed by atoms with Crippen LogP contribution in [0.3, 0.4) is 0 Å². The summed E-state index contributed by atoms with van der Waals surface area (Å²) in [5.41, 5.74) is 1.75. The molecule has 0 aliphatic carbocycles. The van der Waals surface area contributed by atoms with Crippen molar-refractivity contribution < 1.29 is 18.9 Å². The van der Waals surface area contributed by atoms with E-state index in [2.05, 4.69) is 25.0 Å². The van der Waals surface area contributed by atoms with Crippen molar-refractivity contribution in [3.8, 4) is 28.9 Å². The second kappa shape index (κ2) is 10.2. The van der Waals surface area contributed by atoms with Crippen LogP contribution < -0.4 is 18.9 Å². The molecule has 0 saturated carbocycles. The standard InChI is InChI=1S/C24H26N6O4/c1-15-26-23(12-24(28-15)34-14-18-7-8-19(31-3)13-25-18)30-22(27-16(2)29-30)11-17-6-9-20(32-4)21(10-17)33-5/h6-10,12-13H,11,14H2,1-5H3. The van der Waals surface area contributed by atoms with Crippen molar-refractivity contribution in [3.05, 3.63) is 71.3 Å². The maximum atomic E-state index is 5.88. The lowest BCUT2D eigenvalue weighted by molar-refractivity contribution is 0.287. The van der Waals surface area contributed by atoms with Gasteiger partial charge in [-0.15, -0.1) is 5.10 Å². The Morgan fingerprint density at radius 2 is 1.65 bits per heavy atom. The first-order valence-corrected chi connectivity index (χ1v) is 10.6. The lowest BCUT2D eigenvalue weighted by Crippen LogP contribution is -2.09. The highest BCUT2D eigenvalue weighted by Crippen LogP contribution is 2.28. The zero-order chi connectivity index (χ0) is 24.1. The molecule has 3 heterocycles. The number of rotatable bonds is 9. The molecule has 3 aromatic heterocycles. The molecule has 0 aliphatic heterocycles. The summed E-state index contributed by atoms with van der Waals surface area (Å²) in [6.07, 6.45) is 2.17. The van der Waals surface area contributed by atoms with Crippen LogP contribution in [0.5, 0.6) is 23.1 Å². The Morgan fingerprint density at radius 3 is 2.35 bits per heavy atom. The van der Waals surface area contributed by atoms with Gasteiger partial charge < -0.3 is 18.9 Å². The third kappa shape index (κ3) is 5.22. The molecule has 1 aromatic carbocycles. The molecule has 0 bridgehead atoms. The third-order valence-electron chi connectivity index (χ3n) is 5.01. The summed E-state index contributed by atoms with van der Waals surface area (Å²) in [7, 11) is 4.82. The zero-order valence-electron chi connectivity index (χ0n) is 19.8. The van der Waals surface area contributed by atoms with E-state index in [0.717, 1.165) is 17.1 Å². The minimum absolute atomic E-state index is 0.259. The number of aryl methyl sites for hydroxylation is 2. The molecular weight excluding hydrogens is 436 g/mol. The van der Waals surface area contributed by atoms with Gasteiger partial charge in [0.2, 0.25) is 5.88 Å². The maximum Gasteiger partial charge on any atom is 0.219 e. The summed E-state index contributed by atoms with van der Waals surface area (Å²) in [6.45, 7) is 3.91. The van der Waals surface area contributed by atoms with Crippen LogP contribution in [0.25, 0.3) is 5.82 Å². The van der Waals surface area contributed by atoms with Crippen LogP contribution in [0.4, 0.5) is 0 Å². The number of hydrogen-bond donors (Lipinski definition) is 0. The fourth-order valence-corrected chi connectivity index (χ4v) is 3.40. The molecule has 4 rings (SSSR count). The van der Waals surface area contributed by atoms with Crippen molar-refractivity contribution in [2.75, 3.05) is 21.3 Å². The minimum atomic E-state index is 0.259. The number of methoxy groups -OCH3 is 3. The molecule has 10 heteroatoms. The molecule has 0 spiro atoms. The third-order valence-corrected chi connectivity index (χ3v) is 5.01. The topological polar surface area (TPSA) is 106 Å². The second-order valence-corrected chi connectivity index (χ2v) is 7.44. The van der Waals surface area contributed by atoms with Crippen LogP contribution in [-0.2, 0) is 13.0 Å². The van der Waals surface area contributed by atoms with Gasteiger partial charge in [0.05, 0.1) is 33.2 Å². The van der Waals surface area contributed by atoms with E-state index < -0.39 is 0 Å². The number of ether oxygens (including phenoxy) is 4. The Kier molecular flexibility index (Phi) is 6.86. The van der Waals surface area contributed by atoms with Crippen LogP contribution in [0.15, 0.2) is 42.6 Å². The quantitative estimate of drug-likeness (QED) is 0.370. The van der Waals surface area contributed by atoms with Crippen LogP contribution in [-0.4, -0.2) is 51.0 Å².